The van der Waals surface area contributed by atoms with Gasteiger partial charge in [0.1, 0.15) is 5.15 Å². The molecule has 0 saturated heterocycles. The maximum Gasteiger partial charge on any atom is 0.305 e. The summed E-state index contributed by atoms with van der Waals surface area (Å²) >= 11 is 5.82. The molecule has 0 aromatic carbocycles. The molecular formula is C15H19ClN2O3. The highest BCUT2D eigenvalue weighted by atomic mass is 35.5. The number of amides is 1. The topological polar surface area (TPSA) is 70.5 Å². The lowest BCUT2D eigenvalue weighted by molar-refractivity contribution is -0.140. The van der Waals surface area contributed by atoms with E-state index in [1.54, 1.807) is 18.0 Å². The van der Waals surface area contributed by atoms with Crippen molar-refractivity contribution in [1.29, 1.82) is 0 Å². The Hall–Kier alpha value is -1.62. The van der Waals surface area contributed by atoms with Gasteiger partial charge in [-0.25, -0.2) is 4.98 Å². The lowest BCUT2D eigenvalue weighted by Gasteiger charge is -2.44. The quantitative estimate of drug-likeness (QED) is 0.868. The number of nitrogens with zero attached hydrogens (tertiary/aromatic N) is 2. The van der Waals surface area contributed by atoms with Crippen LogP contribution in [-0.2, 0) is 4.79 Å². The first-order valence-electron chi connectivity index (χ1n) is 7.06. The van der Waals surface area contributed by atoms with Crippen LogP contribution in [0.25, 0.3) is 0 Å². The van der Waals surface area contributed by atoms with Crippen LogP contribution in [0.2, 0.25) is 5.15 Å². The highest BCUT2D eigenvalue weighted by Gasteiger charge is 2.40. The van der Waals surface area contributed by atoms with Crippen molar-refractivity contribution < 1.29 is 14.7 Å². The second kappa shape index (κ2) is 6.43. The zero-order valence-electron chi connectivity index (χ0n) is 12.0. The molecule has 1 aliphatic rings. The second-order valence-electron chi connectivity index (χ2n) is 5.59. The molecular weight excluding hydrogens is 292 g/mol. The van der Waals surface area contributed by atoms with Crippen molar-refractivity contribution in [2.24, 2.45) is 0 Å². The zero-order chi connectivity index (χ0) is 15.5. The van der Waals surface area contributed by atoms with E-state index in [2.05, 4.69) is 4.98 Å². The van der Waals surface area contributed by atoms with Crippen LogP contribution in [0.3, 0.4) is 0 Å². The summed E-state index contributed by atoms with van der Waals surface area (Å²) in [4.78, 5) is 29.3. The van der Waals surface area contributed by atoms with E-state index in [1.165, 1.54) is 12.3 Å². The first-order chi connectivity index (χ1) is 9.94. The molecule has 1 aromatic rings. The van der Waals surface area contributed by atoms with E-state index in [4.69, 9.17) is 11.6 Å². The average Bonchev–Trinajstić information content (AvgIpc) is 2.46. The van der Waals surface area contributed by atoms with E-state index < -0.39 is 11.5 Å². The fourth-order valence-corrected chi connectivity index (χ4v) is 3.24. The highest BCUT2D eigenvalue weighted by molar-refractivity contribution is 6.29. The number of carbonyl (C=O) groups is 2. The maximum absolute atomic E-state index is 12.6. The molecule has 0 unspecified atom stereocenters. The van der Waals surface area contributed by atoms with Gasteiger partial charge in [-0.1, -0.05) is 30.9 Å². The minimum atomic E-state index is -0.871. The van der Waals surface area contributed by atoms with Gasteiger partial charge in [0.15, 0.2) is 0 Å². The molecule has 0 aliphatic heterocycles. The molecule has 1 N–H and O–H groups in total. The Morgan fingerprint density at radius 1 is 1.38 bits per heavy atom. The summed E-state index contributed by atoms with van der Waals surface area (Å²) in [6, 6.07) is 3.11. The van der Waals surface area contributed by atoms with Gasteiger partial charge in [0.2, 0.25) is 0 Å². The van der Waals surface area contributed by atoms with Crippen molar-refractivity contribution in [3.05, 3.63) is 29.0 Å². The van der Waals surface area contributed by atoms with Crippen molar-refractivity contribution in [3.63, 3.8) is 0 Å². The predicted molar refractivity (Wildman–Crippen MR) is 79.4 cm³/mol. The standard InChI is InChI=1S/C15H19ClN2O3/c1-18(14(21)11-5-8-17-12(16)9-11)15(10-13(19)20)6-3-2-4-7-15/h5,8-9H,2-4,6-7,10H2,1H3,(H,19,20). The van der Waals surface area contributed by atoms with Gasteiger partial charge < -0.3 is 10.0 Å². The molecule has 21 heavy (non-hydrogen) atoms. The number of carbonyl (C=O) groups excluding carboxylic acids is 1. The van der Waals surface area contributed by atoms with Crippen LogP contribution < -0.4 is 0 Å². The molecule has 0 radical (unpaired) electrons. The van der Waals surface area contributed by atoms with Crippen LogP contribution in [0, 0.1) is 0 Å². The van der Waals surface area contributed by atoms with E-state index in [0.717, 1.165) is 32.1 Å². The summed E-state index contributed by atoms with van der Waals surface area (Å²) < 4.78 is 0. The maximum atomic E-state index is 12.6. The number of aromatic nitrogens is 1. The number of aliphatic carboxylic acids is 1. The van der Waals surface area contributed by atoms with Gasteiger partial charge in [-0.2, -0.15) is 0 Å². The minimum absolute atomic E-state index is 0.0198. The molecule has 6 heteroatoms. The van der Waals surface area contributed by atoms with E-state index >= 15 is 0 Å². The van der Waals surface area contributed by atoms with Gasteiger partial charge in [-0.05, 0) is 25.0 Å². The molecule has 1 fully saturated rings. The lowest BCUT2D eigenvalue weighted by atomic mass is 9.78. The molecule has 0 bridgehead atoms. The SMILES string of the molecule is CN(C(=O)c1ccnc(Cl)c1)C1(CC(=O)O)CCCCC1. The molecule has 0 spiro atoms. The number of halogens is 1. The second-order valence-corrected chi connectivity index (χ2v) is 5.97. The van der Waals surface area contributed by atoms with Crippen molar-refractivity contribution in [2.75, 3.05) is 7.05 Å². The van der Waals surface area contributed by atoms with Crippen LogP contribution in [0.1, 0.15) is 48.9 Å². The third kappa shape index (κ3) is 3.53. The molecule has 114 valence electrons. The first kappa shape index (κ1) is 15.8. The summed E-state index contributed by atoms with van der Waals surface area (Å²) in [5.74, 6) is -1.08. The zero-order valence-corrected chi connectivity index (χ0v) is 12.8. The van der Waals surface area contributed by atoms with Gasteiger partial charge in [0.05, 0.1) is 12.0 Å². The Bertz CT molecular complexity index is 541. The fraction of sp³-hybridized carbons (Fsp3) is 0.533. The average molecular weight is 311 g/mol. The fourth-order valence-electron chi connectivity index (χ4n) is 3.07. The Morgan fingerprint density at radius 3 is 2.62 bits per heavy atom. The van der Waals surface area contributed by atoms with Gasteiger partial charge in [0, 0.05) is 18.8 Å². The molecule has 5 nitrogen and oxygen atoms in total. The summed E-state index contributed by atoms with van der Waals surface area (Å²) in [5.41, 5.74) is -0.162. The summed E-state index contributed by atoms with van der Waals surface area (Å²) in [6.45, 7) is 0. The molecule has 1 saturated carbocycles. The first-order valence-corrected chi connectivity index (χ1v) is 7.44. The number of rotatable bonds is 4. The van der Waals surface area contributed by atoms with Crippen LogP contribution in [0.5, 0.6) is 0 Å². The number of carboxylic acids is 1. The number of pyridine rings is 1. The van der Waals surface area contributed by atoms with Gasteiger partial charge in [0.25, 0.3) is 5.91 Å². The summed E-state index contributed by atoms with van der Waals surface area (Å²) in [7, 11) is 1.69. The largest absolute Gasteiger partial charge is 0.481 e. The normalized spacial score (nSPS) is 17.2. The van der Waals surface area contributed by atoms with E-state index in [0.29, 0.717) is 5.56 Å². The molecule has 1 heterocycles. The Balaban J connectivity index is 2.27. The van der Waals surface area contributed by atoms with Crippen LogP contribution >= 0.6 is 11.6 Å². The van der Waals surface area contributed by atoms with Crippen molar-refractivity contribution >= 4 is 23.5 Å². The van der Waals surface area contributed by atoms with Crippen LogP contribution in [-0.4, -0.2) is 39.5 Å². The van der Waals surface area contributed by atoms with Crippen molar-refractivity contribution in [2.45, 2.75) is 44.1 Å². The van der Waals surface area contributed by atoms with Gasteiger partial charge >= 0.3 is 5.97 Å². The predicted octanol–water partition coefficient (Wildman–Crippen LogP) is 2.98. The Kier molecular flexibility index (Phi) is 4.83. The smallest absolute Gasteiger partial charge is 0.305 e. The molecule has 1 aromatic heterocycles. The Labute approximate surface area is 128 Å². The molecule has 1 amide bonds. The number of hydrogen-bond donors (Lipinski definition) is 1. The molecule has 0 atom stereocenters. The van der Waals surface area contributed by atoms with Crippen LogP contribution in [0.4, 0.5) is 0 Å². The number of carboxylic acid groups (broad SMARTS) is 1. The minimum Gasteiger partial charge on any atom is -0.481 e. The van der Waals surface area contributed by atoms with Crippen molar-refractivity contribution in [1.82, 2.24) is 9.88 Å². The Morgan fingerprint density at radius 2 is 2.05 bits per heavy atom. The monoisotopic (exact) mass is 310 g/mol. The van der Waals surface area contributed by atoms with E-state index in [1.807, 2.05) is 0 Å². The van der Waals surface area contributed by atoms with E-state index in [-0.39, 0.29) is 17.5 Å². The van der Waals surface area contributed by atoms with Gasteiger partial charge in [-0.15, -0.1) is 0 Å². The van der Waals surface area contributed by atoms with Gasteiger partial charge in [-0.3, -0.25) is 9.59 Å². The highest BCUT2D eigenvalue weighted by Crippen LogP contribution is 2.36. The van der Waals surface area contributed by atoms with E-state index in [9.17, 15) is 14.7 Å². The third-order valence-electron chi connectivity index (χ3n) is 4.25. The summed E-state index contributed by atoms with van der Waals surface area (Å²) in [6.07, 6.45) is 5.89. The van der Waals surface area contributed by atoms with Crippen LogP contribution in [0.15, 0.2) is 18.3 Å². The third-order valence-corrected chi connectivity index (χ3v) is 4.46. The van der Waals surface area contributed by atoms with Crippen molar-refractivity contribution in [3.8, 4) is 0 Å². The summed E-state index contributed by atoms with van der Waals surface area (Å²) in [5, 5.41) is 9.46. The lowest BCUT2D eigenvalue weighted by Crippen LogP contribution is -2.52. The molecule has 1 aliphatic carbocycles. The molecule has 2 rings (SSSR count). The number of hydrogen-bond acceptors (Lipinski definition) is 3.